The highest BCUT2D eigenvalue weighted by molar-refractivity contribution is 7.99. The Bertz CT molecular complexity index is 661. The van der Waals surface area contributed by atoms with Crippen LogP contribution in [-0.2, 0) is 0 Å². The van der Waals surface area contributed by atoms with Gasteiger partial charge >= 0.3 is 0 Å². The van der Waals surface area contributed by atoms with Crippen molar-refractivity contribution in [1.29, 1.82) is 0 Å². The lowest BCUT2D eigenvalue weighted by atomic mass is 10.1. The SMILES string of the molecule is CC(N)c1cc(F)ccc1Sc1ccc2c(c1)OCCO2. The number of hydrogen-bond acceptors (Lipinski definition) is 4. The molecule has 0 saturated heterocycles. The molecule has 0 aliphatic carbocycles. The van der Waals surface area contributed by atoms with Gasteiger partial charge in [-0.25, -0.2) is 4.39 Å². The molecular weight excluding hydrogens is 289 g/mol. The standard InChI is InChI=1S/C16H16FNO2S/c1-10(18)13-8-11(17)2-5-16(13)21-12-3-4-14-15(9-12)20-7-6-19-14/h2-5,8-10H,6-7,18H2,1H3. The second-order valence-electron chi connectivity index (χ2n) is 4.88. The van der Waals surface area contributed by atoms with E-state index in [-0.39, 0.29) is 11.9 Å². The van der Waals surface area contributed by atoms with Gasteiger partial charge in [-0.05, 0) is 48.9 Å². The molecule has 3 rings (SSSR count). The largest absolute Gasteiger partial charge is 0.486 e. The maximum atomic E-state index is 13.4. The zero-order chi connectivity index (χ0) is 14.8. The summed E-state index contributed by atoms with van der Waals surface area (Å²) in [5.41, 5.74) is 6.72. The van der Waals surface area contributed by atoms with Gasteiger partial charge in [0.15, 0.2) is 11.5 Å². The first-order valence-corrected chi connectivity index (χ1v) is 7.57. The maximum absolute atomic E-state index is 13.4. The molecule has 21 heavy (non-hydrogen) atoms. The number of rotatable bonds is 3. The molecule has 1 aliphatic rings. The van der Waals surface area contributed by atoms with Gasteiger partial charge in [-0.2, -0.15) is 0 Å². The van der Waals surface area contributed by atoms with Crippen LogP contribution >= 0.6 is 11.8 Å². The van der Waals surface area contributed by atoms with Crippen LogP contribution in [0.4, 0.5) is 4.39 Å². The number of halogens is 1. The van der Waals surface area contributed by atoms with Crippen LogP contribution in [0, 0.1) is 5.82 Å². The fraction of sp³-hybridized carbons (Fsp3) is 0.250. The third-order valence-corrected chi connectivity index (χ3v) is 4.29. The summed E-state index contributed by atoms with van der Waals surface area (Å²) < 4.78 is 24.4. The van der Waals surface area contributed by atoms with Crippen molar-refractivity contribution in [3.8, 4) is 11.5 Å². The molecule has 110 valence electrons. The highest BCUT2D eigenvalue weighted by Gasteiger charge is 2.14. The Hall–Kier alpha value is -1.72. The highest BCUT2D eigenvalue weighted by atomic mass is 32.2. The van der Waals surface area contributed by atoms with E-state index in [1.165, 1.54) is 12.1 Å². The van der Waals surface area contributed by atoms with E-state index in [4.69, 9.17) is 15.2 Å². The van der Waals surface area contributed by atoms with Crippen LogP contribution in [0.15, 0.2) is 46.2 Å². The third kappa shape index (κ3) is 3.14. The Morgan fingerprint density at radius 1 is 1.10 bits per heavy atom. The lowest BCUT2D eigenvalue weighted by Gasteiger charge is -2.19. The van der Waals surface area contributed by atoms with Gasteiger partial charge < -0.3 is 15.2 Å². The molecule has 1 aliphatic heterocycles. The average Bonchev–Trinajstić information content (AvgIpc) is 2.49. The van der Waals surface area contributed by atoms with E-state index in [1.54, 1.807) is 17.8 Å². The van der Waals surface area contributed by atoms with Crippen LogP contribution in [0.1, 0.15) is 18.5 Å². The summed E-state index contributed by atoms with van der Waals surface area (Å²) in [5, 5.41) is 0. The van der Waals surface area contributed by atoms with Crippen LogP contribution in [-0.4, -0.2) is 13.2 Å². The topological polar surface area (TPSA) is 44.5 Å². The summed E-state index contributed by atoms with van der Waals surface area (Å²) >= 11 is 1.54. The second-order valence-corrected chi connectivity index (χ2v) is 5.99. The Labute approximate surface area is 127 Å². The fourth-order valence-electron chi connectivity index (χ4n) is 2.18. The molecule has 0 amide bonds. The Balaban J connectivity index is 1.90. The minimum Gasteiger partial charge on any atom is -0.486 e. The molecule has 0 saturated carbocycles. The summed E-state index contributed by atoms with van der Waals surface area (Å²) in [7, 11) is 0. The second kappa shape index (κ2) is 5.95. The van der Waals surface area contributed by atoms with Gasteiger partial charge in [-0.3, -0.25) is 0 Å². The van der Waals surface area contributed by atoms with Crippen LogP contribution < -0.4 is 15.2 Å². The highest BCUT2D eigenvalue weighted by Crippen LogP contribution is 2.38. The molecule has 2 N–H and O–H groups in total. The van der Waals surface area contributed by atoms with Gasteiger partial charge in [0.25, 0.3) is 0 Å². The summed E-state index contributed by atoms with van der Waals surface area (Å²) in [6.07, 6.45) is 0. The van der Waals surface area contributed by atoms with Gasteiger partial charge in [0.1, 0.15) is 19.0 Å². The van der Waals surface area contributed by atoms with Gasteiger partial charge in [-0.1, -0.05) is 11.8 Å². The number of ether oxygens (including phenoxy) is 2. The monoisotopic (exact) mass is 305 g/mol. The molecule has 3 nitrogen and oxygen atoms in total. The van der Waals surface area contributed by atoms with E-state index >= 15 is 0 Å². The molecule has 1 atom stereocenters. The summed E-state index contributed by atoms with van der Waals surface area (Å²) in [6.45, 7) is 2.98. The molecule has 5 heteroatoms. The molecule has 0 aromatic heterocycles. The molecule has 0 bridgehead atoms. The van der Waals surface area contributed by atoms with Gasteiger partial charge in [0, 0.05) is 15.8 Å². The minimum atomic E-state index is -0.270. The predicted molar refractivity (Wildman–Crippen MR) is 80.6 cm³/mol. The van der Waals surface area contributed by atoms with Crippen molar-refractivity contribution < 1.29 is 13.9 Å². The summed E-state index contributed by atoms with van der Waals surface area (Å²) in [5.74, 6) is 1.24. The van der Waals surface area contributed by atoms with E-state index in [0.29, 0.717) is 13.2 Å². The number of fused-ring (bicyclic) bond motifs is 1. The molecule has 1 heterocycles. The fourth-order valence-corrected chi connectivity index (χ4v) is 3.24. The normalized spacial score (nSPS) is 14.8. The van der Waals surface area contributed by atoms with Crippen molar-refractivity contribution in [3.05, 3.63) is 47.8 Å². The van der Waals surface area contributed by atoms with Crippen LogP contribution in [0.5, 0.6) is 11.5 Å². The predicted octanol–water partition coefficient (Wildman–Crippen LogP) is 3.77. The average molecular weight is 305 g/mol. The van der Waals surface area contributed by atoms with Crippen molar-refractivity contribution in [2.45, 2.75) is 22.8 Å². The van der Waals surface area contributed by atoms with E-state index in [0.717, 1.165) is 26.9 Å². The van der Waals surface area contributed by atoms with Crippen LogP contribution in [0.25, 0.3) is 0 Å². The smallest absolute Gasteiger partial charge is 0.162 e. The van der Waals surface area contributed by atoms with Crippen molar-refractivity contribution in [2.75, 3.05) is 13.2 Å². The molecule has 0 radical (unpaired) electrons. The molecule has 2 aromatic rings. The van der Waals surface area contributed by atoms with Crippen LogP contribution in [0.2, 0.25) is 0 Å². The van der Waals surface area contributed by atoms with Gasteiger partial charge in [-0.15, -0.1) is 0 Å². The summed E-state index contributed by atoms with van der Waals surface area (Å²) in [4.78, 5) is 1.95. The first-order chi connectivity index (χ1) is 10.1. The van der Waals surface area contributed by atoms with Crippen molar-refractivity contribution in [3.63, 3.8) is 0 Å². The zero-order valence-electron chi connectivity index (χ0n) is 11.6. The Morgan fingerprint density at radius 3 is 2.62 bits per heavy atom. The van der Waals surface area contributed by atoms with E-state index in [9.17, 15) is 4.39 Å². The Kier molecular flexibility index (Phi) is 4.03. The molecule has 0 spiro atoms. The zero-order valence-corrected chi connectivity index (χ0v) is 12.5. The van der Waals surface area contributed by atoms with Gasteiger partial charge in [0.05, 0.1) is 0 Å². The first-order valence-electron chi connectivity index (χ1n) is 6.76. The first kappa shape index (κ1) is 14.2. The van der Waals surface area contributed by atoms with Crippen molar-refractivity contribution >= 4 is 11.8 Å². The lowest BCUT2D eigenvalue weighted by molar-refractivity contribution is 0.171. The van der Waals surface area contributed by atoms with E-state index < -0.39 is 0 Å². The Morgan fingerprint density at radius 2 is 1.86 bits per heavy atom. The number of hydrogen-bond donors (Lipinski definition) is 1. The van der Waals surface area contributed by atoms with E-state index in [2.05, 4.69) is 0 Å². The third-order valence-electron chi connectivity index (χ3n) is 3.20. The minimum absolute atomic E-state index is 0.222. The quantitative estimate of drug-likeness (QED) is 0.937. The van der Waals surface area contributed by atoms with Gasteiger partial charge in [0.2, 0.25) is 0 Å². The number of benzene rings is 2. The van der Waals surface area contributed by atoms with E-state index in [1.807, 2.05) is 25.1 Å². The molecule has 0 fully saturated rings. The maximum Gasteiger partial charge on any atom is 0.162 e. The summed E-state index contributed by atoms with van der Waals surface area (Å²) in [6, 6.07) is 10.3. The molecular formula is C16H16FNO2S. The van der Waals surface area contributed by atoms with Crippen molar-refractivity contribution in [2.24, 2.45) is 5.73 Å². The lowest BCUT2D eigenvalue weighted by Crippen LogP contribution is -2.15. The van der Waals surface area contributed by atoms with Crippen LogP contribution in [0.3, 0.4) is 0 Å². The number of nitrogens with two attached hydrogens (primary N) is 1. The molecule has 1 unspecified atom stereocenters. The molecule has 2 aromatic carbocycles. The van der Waals surface area contributed by atoms with Crippen molar-refractivity contribution in [1.82, 2.24) is 0 Å².